The van der Waals surface area contributed by atoms with Gasteiger partial charge in [0.1, 0.15) is 11.9 Å². The summed E-state index contributed by atoms with van der Waals surface area (Å²) >= 11 is 5.84. The molecule has 1 aliphatic rings. The number of rotatable bonds is 6. The van der Waals surface area contributed by atoms with E-state index in [2.05, 4.69) is 43.9 Å². The van der Waals surface area contributed by atoms with Crippen LogP contribution in [-0.2, 0) is 13.2 Å². The SMILES string of the molecule is CCCn1c(=O)c2ccccc2n2c(=S)n(CN3CCC(Oc4cc(C)ccc4C)CC3)nc12. The summed E-state index contributed by atoms with van der Waals surface area (Å²) in [5.41, 5.74) is 3.19. The Morgan fingerprint density at radius 2 is 1.88 bits per heavy atom. The van der Waals surface area contributed by atoms with E-state index in [0.717, 1.165) is 43.6 Å². The number of nitrogens with zero attached hydrogens (tertiary/aromatic N) is 5. The molecule has 1 fully saturated rings. The minimum atomic E-state index is -0.0125. The topological polar surface area (TPSA) is 56.7 Å². The molecule has 0 saturated carbocycles. The van der Waals surface area contributed by atoms with Gasteiger partial charge in [-0.2, -0.15) is 0 Å². The third-order valence-corrected chi connectivity index (χ3v) is 7.03. The molecule has 1 saturated heterocycles. The van der Waals surface area contributed by atoms with E-state index < -0.39 is 0 Å². The fourth-order valence-corrected chi connectivity index (χ4v) is 5.04. The van der Waals surface area contributed by atoms with E-state index in [1.165, 1.54) is 11.1 Å². The quantitative estimate of drug-likeness (QED) is 0.377. The Bertz CT molecular complexity index is 1460. The summed E-state index contributed by atoms with van der Waals surface area (Å²) in [5, 5.41) is 5.48. The molecule has 1 aliphatic heterocycles. The minimum absolute atomic E-state index is 0.0125. The highest BCUT2D eigenvalue weighted by Crippen LogP contribution is 2.24. The number of aromatic nitrogens is 4. The highest BCUT2D eigenvalue weighted by molar-refractivity contribution is 7.71. The first kappa shape index (κ1) is 22.8. The standard InChI is InChI=1S/C26H31N5O2S/c1-4-13-29-24(32)21-7-5-6-8-22(21)31-25(29)27-30(26(31)34)17-28-14-11-20(12-15-28)33-23-16-18(2)9-10-19(23)3/h5-10,16,20H,4,11-15,17H2,1-3H3. The van der Waals surface area contributed by atoms with Crippen LogP contribution in [0.1, 0.15) is 37.3 Å². The smallest absolute Gasteiger partial charge is 0.262 e. The average molecular weight is 478 g/mol. The van der Waals surface area contributed by atoms with Gasteiger partial charge in [0.05, 0.1) is 17.6 Å². The first-order valence-electron chi connectivity index (χ1n) is 12.0. The number of benzene rings is 2. The number of aryl methyl sites for hydroxylation is 3. The molecule has 5 rings (SSSR count). The molecule has 0 spiro atoms. The van der Waals surface area contributed by atoms with Crippen molar-refractivity contribution in [1.29, 1.82) is 0 Å². The number of ether oxygens (including phenoxy) is 1. The Hall–Kier alpha value is -2.97. The second-order valence-corrected chi connectivity index (χ2v) is 9.60. The third kappa shape index (κ3) is 4.16. The summed E-state index contributed by atoms with van der Waals surface area (Å²) in [4.78, 5) is 15.5. The summed E-state index contributed by atoms with van der Waals surface area (Å²) < 4.78 is 12.5. The van der Waals surface area contributed by atoms with Gasteiger partial charge in [-0.25, -0.2) is 4.68 Å². The van der Waals surface area contributed by atoms with Gasteiger partial charge < -0.3 is 4.74 Å². The van der Waals surface area contributed by atoms with Crippen molar-refractivity contribution < 1.29 is 4.74 Å². The largest absolute Gasteiger partial charge is 0.490 e. The fourth-order valence-electron chi connectivity index (χ4n) is 4.76. The summed E-state index contributed by atoms with van der Waals surface area (Å²) in [6.45, 7) is 9.29. The van der Waals surface area contributed by atoms with E-state index in [0.29, 0.717) is 29.1 Å². The van der Waals surface area contributed by atoms with Gasteiger partial charge in [-0.3, -0.25) is 18.7 Å². The van der Waals surface area contributed by atoms with Crippen LogP contribution in [0.2, 0.25) is 0 Å². The van der Waals surface area contributed by atoms with Crippen molar-refractivity contribution in [3.05, 3.63) is 68.7 Å². The zero-order chi connectivity index (χ0) is 23.8. The lowest BCUT2D eigenvalue weighted by atomic mass is 10.1. The van der Waals surface area contributed by atoms with Crippen LogP contribution in [0.4, 0.5) is 0 Å². The van der Waals surface area contributed by atoms with Crippen LogP contribution in [0.3, 0.4) is 0 Å². The summed E-state index contributed by atoms with van der Waals surface area (Å²) in [6, 6.07) is 14.0. The van der Waals surface area contributed by atoms with Crippen molar-refractivity contribution >= 4 is 28.9 Å². The van der Waals surface area contributed by atoms with Gasteiger partial charge in [0.25, 0.3) is 5.56 Å². The van der Waals surface area contributed by atoms with Crippen LogP contribution in [0.25, 0.3) is 16.7 Å². The molecule has 0 radical (unpaired) electrons. The molecule has 0 atom stereocenters. The molecular weight excluding hydrogens is 446 g/mol. The number of piperidine rings is 1. The molecule has 0 unspecified atom stereocenters. The molecule has 0 N–H and O–H groups in total. The van der Waals surface area contributed by atoms with Gasteiger partial charge in [0.15, 0.2) is 0 Å². The van der Waals surface area contributed by atoms with Crippen molar-refractivity contribution in [2.45, 2.75) is 59.4 Å². The molecule has 0 bridgehead atoms. The maximum atomic E-state index is 13.1. The molecule has 2 aromatic heterocycles. The van der Waals surface area contributed by atoms with Crippen molar-refractivity contribution in [2.24, 2.45) is 0 Å². The van der Waals surface area contributed by atoms with Crippen molar-refractivity contribution in [1.82, 2.24) is 23.6 Å². The zero-order valence-electron chi connectivity index (χ0n) is 20.0. The van der Waals surface area contributed by atoms with Gasteiger partial charge >= 0.3 is 0 Å². The van der Waals surface area contributed by atoms with Crippen LogP contribution in [0.5, 0.6) is 5.75 Å². The van der Waals surface area contributed by atoms with Crippen molar-refractivity contribution in [3.63, 3.8) is 0 Å². The summed E-state index contributed by atoms with van der Waals surface area (Å²) in [6.07, 6.45) is 2.97. The van der Waals surface area contributed by atoms with Crippen LogP contribution in [-0.4, -0.2) is 42.8 Å². The van der Waals surface area contributed by atoms with Gasteiger partial charge in [-0.15, -0.1) is 5.10 Å². The van der Waals surface area contributed by atoms with E-state index in [1.54, 1.807) is 4.57 Å². The molecule has 3 heterocycles. The summed E-state index contributed by atoms with van der Waals surface area (Å²) in [7, 11) is 0. The lowest BCUT2D eigenvalue weighted by molar-refractivity contribution is 0.0798. The fraction of sp³-hybridized carbons (Fsp3) is 0.423. The molecule has 7 nitrogen and oxygen atoms in total. The Morgan fingerprint density at radius 1 is 1.12 bits per heavy atom. The number of hydrogen-bond donors (Lipinski definition) is 0. The predicted molar refractivity (Wildman–Crippen MR) is 137 cm³/mol. The number of fused-ring (bicyclic) bond motifs is 3. The van der Waals surface area contributed by atoms with E-state index in [-0.39, 0.29) is 11.7 Å². The van der Waals surface area contributed by atoms with E-state index in [1.807, 2.05) is 33.3 Å². The van der Waals surface area contributed by atoms with Crippen molar-refractivity contribution in [3.8, 4) is 5.75 Å². The van der Waals surface area contributed by atoms with Gasteiger partial charge in [-0.1, -0.05) is 31.2 Å². The Balaban J connectivity index is 1.38. The maximum absolute atomic E-state index is 13.1. The van der Waals surface area contributed by atoms with E-state index >= 15 is 0 Å². The summed E-state index contributed by atoms with van der Waals surface area (Å²) in [5.74, 6) is 1.60. The van der Waals surface area contributed by atoms with E-state index in [9.17, 15) is 4.79 Å². The van der Waals surface area contributed by atoms with E-state index in [4.69, 9.17) is 22.1 Å². The van der Waals surface area contributed by atoms with Gasteiger partial charge in [0, 0.05) is 19.6 Å². The minimum Gasteiger partial charge on any atom is -0.490 e. The predicted octanol–water partition coefficient (Wildman–Crippen LogP) is 4.71. The molecular formula is C26H31N5O2S. The Labute approximate surface area is 204 Å². The Morgan fingerprint density at radius 3 is 2.65 bits per heavy atom. The molecule has 8 heteroatoms. The van der Waals surface area contributed by atoms with Crippen LogP contribution in [0, 0.1) is 18.6 Å². The lowest BCUT2D eigenvalue weighted by Gasteiger charge is -2.32. The molecule has 178 valence electrons. The highest BCUT2D eigenvalue weighted by atomic mass is 32.1. The van der Waals surface area contributed by atoms with Crippen molar-refractivity contribution in [2.75, 3.05) is 13.1 Å². The van der Waals surface area contributed by atoms with Gasteiger partial charge in [-0.05, 0) is 74.7 Å². The third-order valence-electron chi connectivity index (χ3n) is 6.64. The zero-order valence-corrected chi connectivity index (χ0v) is 20.8. The first-order chi connectivity index (χ1) is 16.5. The average Bonchev–Trinajstić information content (AvgIpc) is 3.16. The molecule has 4 aromatic rings. The number of para-hydroxylation sites is 1. The Kier molecular flexibility index (Phi) is 6.27. The number of likely N-dealkylation sites (tertiary alicyclic amines) is 1. The highest BCUT2D eigenvalue weighted by Gasteiger charge is 2.23. The van der Waals surface area contributed by atoms with Gasteiger partial charge in [0.2, 0.25) is 10.5 Å². The monoisotopic (exact) mass is 477 g/mol. The number of hydrogen-bond acceptors (Lipinski definition) is 5. The first-order valence-corrected chi connectivity index (χ1v) is 12.4. The molecule has 0 aliphatic carbocycles. The second kappa shape index (κ2) is 9.35. The second-order valence-electron chi connectivity index (χ2n) is 9.24. The van der Waals surface area contributed by atoms with Crippen LogP contribution >= 0.6 is 12.2 Å². The van der Waals surface area contributed by atoms with Crippen LogP contribution in [0.15, 0.2) is 47.3 Å². The molecule has 34 heavy (non-hydrogen) atoms. The molecule has 0 amide bonds. The molecule has 2 aromatic carbocycles. The maximum Gasteiger partial charge on any atom is 0.262 e. The van der Waals surface area contributed by atoms with Crippen LogP contribution < -0.4 is 10.3 Å². The normalized spacial score (nSPS) is 15.4. The lowest BCUT2D eigenvalue weighted by Crippen LogP contribution is -2.39.